The molecule has 10 nitrogen and oxygen atoms in total. The molecule has 4 rings (SSSR count). The standard InChI is InChI=1S/C38H54N4O6S/c1-6-18-41(19-7-2)37(45)30-23-29(24-32(25-30)42-20-11-12-21-49(42,46)47)36(44)40-34(22-28-14-9-8-10-15-28)35(43)27-39-38(3,4)31-16-13-17-33(26-31)48-5/h8-10,13-17,23-26,34-35,39,43,46-47H,6-7,11-12,18-22,27H2,1-5H3,(H,40,44)/t34-,35-/m0/s1. The van der Waals surface area contributed by atoms with E-state index < -0.39 is 34.4 Å². The minimum Gasteiger partial charge on any atom is -0.497 e. The number of methoxy groups -OCH3 is 1. The SMILES string of the molecule is CCCN(CCC)C(=O)c1cc(C(=O)N[C@@H](Cc2ccccc2)[C@@H](O)CNC(C)(C)c2cccc(OC)c2)cc(N2CCCCS2(O)O)c1. The Labute approximate surface area is 293 Å². The second kappa shape index (κ2) is 17.4. The van der Waals surface area contributed by atoms with Crippen LogP contribution in [-0.4, -0.2) is 82.1 Å². The summed E-state index contributed by atoms with van der Waals surface area (Å²) in [5.74, 6) is 0.294. The average Bonchev–Trinajstić information content (AvgIpc) is 3.10. The number of rotatable bonds is 16. The number of ether oxygens (including phenoxy) is 1. The largest absolute Gasteiger partial charge is 0.497 e. The highest BCUT2D eigenvalue weighted by atomic mass is 32.3. The third-order valence-corrected chi connectivity index (χ3v) is 10.9. The molecular weight excluding hydrogens is 641 g/mol. The molecule has 2 amide bonds. The maximum Gasteiger partial charge on any atom is 0.253 e. The molecule has 0 aliphatic carbocycles. The topological polar surface area (TPSA) is 135 Å². The van der Waals surface area contributed by atoms with Gasteiger partial charge in [0, 0.05) is 42.8 Å². The number of nitrogens with one attached hydrogen (secondary N) is 2. The highest BCUT2D eigenvalue weighted by molar-refractivity contribution is 8.25. The zero-order chi connectivity index (χ0) is 35.6. The van der Waals surface area contributed by atoms with Gasteiger partial charge in [-0.1, -0.05) is 56.3 Å². The van der Waals surface area contributed by atoms with E-state index in [1.807, 2.05) is 82.3 Å². The first-order valence-electron chi connectivity index (χ1n) is 17.3. The normalized spacial score (nSPS) is 16.4. The molecule has 3 aromatic rings. The Morgan fingerprint density at radius 2 is 1.65 bits per heavy atom. The van der Waals surface area contributed by atoms with Crippen molar-refractivity contribution in [3.05, 3.63) is 95.1 Å². The van der Waals surface area contributed by atoms with Gasteiger partial charge in [-0.15, -0.1) is 10.8 Å². The van der Waals surface area contributed by atoms with E-state index in [0.29, 0.717) is 43.7 Å². The molecule has 1 aliphatic heterocycles. The average molecular weight is 695 g/mol. The van der Waals surface area contributed by atoms with E-state index in [-0.39, 0.29) is 23.8 Å². The van der Waals surface area contributed by atoms with Crippen LogP contribution in [0.1, 0.15) is 85.2 Å². The molecular formula is C38H54N4O6S. The summed E-state index contributed by atoms with van der Waals surface area (Å²) in [6.07, 6.45) is 2.41. The minimum absolute atomic E-state index is 0.184. The fourth-order valence-corrected chi connectivity index (χ4v) is 7.85. The summed E-state index contributed by atoms with van der Waals surface area (Å²) in [5.41, 5.74) is 2.37. The zero-order valence-corrected chi connectivity index (χ0v) is 30.3. The number of carbonyl (C=O) groups excluding carboxylic acids is 2. The van der Waals surface area contributed by atoms with E-state index in [2.05, 4.69) is 10.6 Å². The van der Waals surface area contributed by atoms with Crippen LogP contribution in [0.4, 0.5) is 5.69 Å². The first-order chi connectivity index (χ1) is 23.4. The van der Waals surface area contributed by atoms with Crippen molar-refractivity contribution in [1.29, 1.82) is 0 Å². The van der Waals surface area contributed by atoms with Gasteiger partial charge in [-0.3, -0.25) is 23.0 Å². The monoisotopic (exact) mass is 694 g/mol. The smallest absolute Gasteiger partial charge is 0.253 e. The van der Waals surface area contributed by atoms with E-state index in [1.54, 1.807) is 30.2 Å². The Morgan fingerprint density at radius 1 is 0.959 bits per heavy atom. The van der Waals surface area contributed by atoms with Gasteiger partial charge in [-0.25, -0.2) is 0 Å². The lowest BCUT2D eigenvalue weighted by atomic mass is 9.93. The van der Waals surface area contributed by atoms with Crippen LogP contribution < -0.4 is 19.7 Å². The molecule has 11 heteroatoms. The predicted octanol–water partition coefficient (Wildman–Crippen LogP) is 6.45. The van der Waals surface area contributed by atoms with Crippen molar-refractivity contribution in [1.82, 2.24) is 15.5 Å². The third kappa shape index (κ3) is 10.2. The summed E-state index contributed by atoms with van der Waals surface area (Å²) in [6.45, 7) is 9.80. The highest BCUT2D eigenvalue weighted by Gasteiger charge is 2.31. The lowest BCUT2D eigenvalue weighted by Crippen LogP contribution is -2.51. The summed E-state index contributed by atoms with van der Waals surface area (Å²) in [6, 6.07) is 21.6. The second-order valence-electron chi connectivity index (χ2n) is 13.3. The molecule has 0 radical (unpaired) electrons. The molecule has 1 aliphatic rings. The van der Waals surface area contributed by atoms with Crippen LogP contribution >= 0.6 is 10.8 Å². The van der Waals surface area contributed by atoms with E-state index in [4.69, 9.17) is 4.74 Å². The summed E-state index contributed by atoms with van der Waals surface area (Å²) < 4.78 is 28.9. The number of carbonyl (C=O) groups is 2. The third-order valence-electron chi connectivity index (χ3n) is 9.00. The number of benzene rings is 3. The Morgan fingerprint density at radius 3 is 2.31 bits per heavy atom. The van der Waals surface area contributed by atoms with E-state index in [1.165, 1.54) is 4.31 Å². The van der Waals surface area contributed by atoms with Gasteiger partial charge < -0.3 is 25.4 Å². The number of aliphatic hydroxyl groups excluding tert-OH is 1. The number of nitrogens with zero attached hydrogens (tertiary/aromatic N) is 2. The minimum atomic E-state index is -3.11. The van der Waals surface area contributed by atoms with E-state index in [9.17, 15) is 23.8 Å². The van der Waals surface area contributed by atoms with Crippen molar-refractivity contribution in [3.8, 4) is 5.75 Å². The van der Waals surface area contributed by atoms with Crippen LogP contribution in [-0.2, 0) is 12.0 Å². The van der Waals surface area contributed by atoms with Crippen LogP contribution in [0.15, 0.2) is 72.8 Å². The number of aliphatic hydroxyl groups is 1. The second-order valence-corrected chi connectivity index (χ2v) is 15.4. The van der Waals surface area contributed by atoms with Gasteiger partial charge in [0.15, 0.2) is 0 Å². The maximum atomic E-state index is 14.1. The molecule has 5 N–H and O–H groups in total. The molecule has 1 saturated heterocycles. The van der Waals surface area contributed by atoms with E-state index in [0.717, 1.165) is 36.1 Å². The lowest BCUT2D eigenvalue weighted by molar-refractivity contribution is 0.0755. The molecule has 2 atom stereocenters. The fraction of sp³-hybridized carbons (Fsp3) is 0.474. The fourth-order valence-electron chi connectivity index (χ4n) is 6.17. The van der Waals surface area contributed by atoms with Gasteiger partial charge in [-0.05, 0) is 87.4 Å². The Kier molecular flexibility index (Phi) is 13.5. The van der Waals surface area contributed by atoms with Gasteiger partial charge in [-0.2, -0.15) is 0 Å². The molecule has 49 heavy (non-hydrogen) atoms. The zero-order valence-electron chi connectivity index (χ0n) is 29.5. The summed E-state index contributed by atoms with van der Waals surface area (Å²) in [5, 5.41) is 18.1. The Balaban J connectivity index is 1.65. The Hall–Kier alpha value is -3.61. The number of hydrogen-bond donors (Lipinski definition) is 5. The Bertz CT molecular complexity index is 1530. The summed E-state index contributed by atoms with van der Waals surface area (Å²) in [4.78, 5) is 29.7. The van der Waals surface area contributed by atoms with Crippen molar-refractivity contribution < 1.29 is 28.5 Å². The molecule has 0 aromatic heterocycles. The summed E-state index contributed by atoms with van der Waals surface area (Å²) in [7, 11) is -1.48. The van der Waals surface area contributed by atoms with Crippen LogP contribution in [0.3, 0.4) is 0 Å². The molecule has 0 spiro atoms. The lowest BCUT2D eigenvalue weighted by Gasteiger charge is -2.47. The number of anilines is 1. The highest BCUT2D eigenvalue weighted by Crippen LogP contribution is 2.49. The van der Waals surface area contributed by atoms with Gasteiger partial charge in [0.25, 0.3) is 11.8 Å². The van der Waals surface area contributed by atoms with Gasteiger partial charge in [0.2, 0.25) is 0 Å². The van der Waals surface area contributed by atoms with Crippen LogP contribution in [0.2, 0.25) is 0 Å². The molecule has 0 bridgehead atoms. The van der Waals surface area contributed by atoms with Crippen molar-refractivity contribution >= 4 is 28.3 Å². The summed E-state index contributed by atoms with van der Waals surface area (Å²) >= 11 is 0. The van der Waals surface area contributed by atoms with Crippen molar-refractivity contribution in [3.63, 3.8) is 0 Å². The predicted molar refractivity (Wildman–Crippen MR) is 199 cm³/mol. The molecule has 3 aromatic carbocycles. The quantitative estimate of drug-likeness (QED) is 0.116. The molecule has 1 fully saturated rings. The number of hydrogen-bond acceptors (Lipinski definition) is 8. The maximum absolute atomic E-state index is 14.1. The van der Waals surface area contributed by atoms with Crippen molar-refractivity contribution in [2.45, 2.75) is 77.5 Å². The van der Waals surface area contributed by atoms with E-state index >= 15 is 0 Å². The molecule has 0 unspecified atom stereocenters. The molecule has 268 valence electrons. The van der Waals surface area contributed by atoms with Crippen molar-refractivity contribution in [2.24, 2.45) is 0 Å². The van der Waals surface area contributed by atoms with Crippen LogP contribution in [0, 0.1) is 0 Å². The van der Waals surface area contributed by atoms with Crippen LogP contribution in [0.25, 0.3) is 0 Å². The molecule has 1 heterocycles. The number of amides is 2. The van der Waals surface area contributed by atoms with Gasteiger partial charge in [0.1, 0.15) is 5.75 Å². The first-order valence-corrected chi connectivity index (χ1v) is 19.0. The van der Waals surface area contributed by atoms with Gasteiger partial charge >= 0.3 is 0 Å². The van der Waals surface area contributed by atoms with Crippen molar-refractivity contribution in [2.75, 3.05) is 43.3 Å². The molecule has 0 saturated carbocycles. The van der Waals surface area contributed by atoms with Crippen LogP contribution in [0.5, 0.6) is 5.75 Å². The van der Waals surface area contributed by atoms with Gasteiger partial charge in [0.05, 0.1) is 30.7 Å². The first kappa shape index (κ1) is 38.2.